The average Bonchev–Trinajstić information content (AvgIpc) is 2.29. The van der Waals surface area contributed by atoms with E-state index in [4.69, 9.17) is 11.6 Å². The number of hydrogen-bond donors (Lipinski definition) is 1. The van der Waals surface area contributed by atoms with Crippen molar-refractivity contribution in [3.63, 3.8) is 0 Å². The molecular formula is C12H18ClNOS. The number of hydrogen-bond acceptors (Lipinski definition) is 3. The van der Waals surface area contributed by atoms with E-state index in [1.807, 2.05) is 6.07 Å². The van der Waals surface area contributed by atoms with Gasteiger partial charge in [-0.2, -0.15) is 11.8 Å². The van der Waals surface area contributed by atoms with E-state index in [0.717, 1.165) is 17.7 Å². The monoisotopic (exact) mass is 259 g/mol. The summed E-state index contributed by atoms with van der Waals surface area (Å²) < 4.78 is 0. The van der Waals surface area contributed by atoms with Crippen molar-refractivity contribution in [1.82, 2.24) is 4.98 Å². The van der Waals surface area contributed by atoms with Gasteiger partial charge in [0.1, 0.15) is 0 Å². The van der Waals surface area contributed by atoms with Crippen LogP contribution in [0.4, 0.5) is 0 Å². The van der Waals surface area contributed by atoms with Gasteiger partial charge in [0.05, 0.1) is 11.1 Å². The van der Waals surface area contributed by atoms with Crippen LogP contribution in [0, 0.1) is 0 Å². The Labute approximate surface area is 106 Å². The van der Waals surface area contributed by atoms with Crippen molar-refractivity contribution in [2.75, 3.05) is 5.75 Å². The summed E-state index contributed by atoms with van der Waals surface area (Å²) in [6.45, 7) is 4.33. The fourth-order valence-corrected chi connectivity index (χ4v) is 2.38. The van der Waals surface area contributed by atoms with Crippen LogP contribution in [0.1, 0.15) is 25.8 Å². The SMILES string of the molecule is CCC(C)SCC(O)Cc1ccncc1Cl. The Morgan fingerprint density at radius 3 is 2.94 bits per heavy atom. The molecule has 0 radical (unpaired) electrons. The van der Waals surface area contributed by atoms with E-state index in [9.17, 15) is 5.11 Å². The molecule has 2 unspecified atom stereocenters. The lowest BCUT2D eigenvalue weighted by Crippen LogP contribution is -2.15. The standard InChI is InChI=1S/C12H18ClNOS/c1-3-9(2)16-8-11(15)6-10-4-5-14-7-12(10)13/h4-5,7,9,11,15H,3,6,8H2,1-2H3. The van der Waals surface area contributed by atoms with Crippen molar-refractivity contribution < 1.29 is 5.11 Å². The van der Waals surface area contributed by atoms with Gasteiger partial charge in [-0.25, -0.2) is 0 Å². The summed E-state index contributed by atoms with van der Waals surface area (Å²) in [6.07, 6.45) is 4.72. The molecule has 0 amide bonds. The van der Waals surface area contributed by atoms with Crippen LogP contribution in [0.3, 0.4) is 0 Å². The zero-order chi connectivity index (χ0) is 12.0. The topological polar surface area (TPSA) is 33.1 Å². The summed E-state index contributed by atoms with van der Waals surface area (Å²) in [5.41, 5.74) is 0.967. The van der Waals surface area contributed by atoms with E-state index in [2.05, 4.69) is 18.8 Å². The highest BCUT2D eigenvalue weighted by atomic mass is 35.5. The highest BCUT2D eigenvalue weighted by molar-refractivity contribution is 7.99. The molecular weight excluding hydrogens is 242 g/mol. The quantitative estimate of drug-likeness (QED) is 0.852. The van der Waals surface area contributed by atoms with Crippen LogP contribution in [0.5, 0.6) is 0 Å². The number of rotatable bonds is 6. The second-order valence-electron chi connectivity index (χ2n) is 3.88. The smallest absolute Gasteiger partial charge is 0.0671 e. The minimum absolute atomic E-state index is 0.334. The Morgan fingerprint density at radius 1 is 1.56 bits per heavy atom. The molecule has 0 aliphatic carbocycles. The number of aliphatic hydroxyl groups excluding tert-OH is 1. The molecule has 0 saturated heterocycles. The molecule has 90 valence electrons. The normalized spacial score (nSPS) is 14.8. The Kier molecular flexibility index (Phi) is 6.17. The zero-order valence-corrected chi connectivity index (χ0v) is 11.3. The molecule has 16 heavy (non-hydrogen) atoms. The molecule has 0 aliphatic heterocycles. The van der Waals surface area contributed by atoms with Gasteiger partial charge in [-0.1, -0.05) is 25.4 Å². The van der Waals surface area contributed by atoms with Crippen LogP contribution in [0.15, 0.2) is 18.5 Å². The van der Waals surface area contributed by atoms with Gasteiger partial charge in [0, 0.05) is 29.8 Å². The number of aliphatic hydroxyl groups is 1. The molecule has 0 bridgehead atoms. The van der Waals surface area contributed by atoms with E-state index >= 15 is 0 Å². The van der Waals surface area contributed by atoms with Gasteiger partial charge < -0.3 is 5.11 Å². The lowest BCUT2D eigenvalue weighted by atomic mass is 10.1. The highest BCUT2D eigenvalue weighted by Gasteiger charge is 2.10. The third-order valence-corrected chi connectivity index (χ3v) is 4.28. The van der Waals surface area contributed by atoms with Crippen LogP contribution in [0.25, 0.3) is 0 Å². The molecule has 2 nitrogen and oxygen atoms in total. The zero-order valence-electron chi connectivity index (χ0n) is 9.69. The van der Waals surface area contributed by atoms with Crippen LogP contribution in [-0.2, 0) is 6.42 Å². The molecule has 0 aromatic carbocycles. The molecule has 1 aromatic rings. The number of halogens is 1. The van der Waals surface area contributed by atoms with Gasteiger partial charge in [-0.05, 0) is 18.1 Å². The Bertz CT molecular complexity index is 322. The van der Waals surface area contributed by atoms with Crippen molar-refractivity contribution in [3.05, 3.63) is 29.0 Å². The van der Waals surface area contributed by atoms with Crippen LogP contribution < -0.4 is 0 Å². The van der Waals surface area contributed by atoms with Crippen molar-refractivity contribution >= 4 is 23.4 Å². The second-order valence-corrected chi connectivity index (χ2v) is 5.76. The maximum atomic E-state index is 9.87. The van der Waals surface area contributed by atoms with E-state index in [1.165, 1.54) is 0 Å². The molecule has 0 saturated carbocycles. The fraction of sp³-hybridized carbons (Fsp3) is 0.583. The van der Waals surface area contributed by atoms with E-state index in [-0.39, 0.29) is 6.10 Å². The second kappa shape index (κ2) is 7.15. The molecule has 0 spiro atoms. The van der Waals surface area contributed by atoms with Gasteiger partial charge in [0.15, 0.2) is 0 Å². The van der Waals surface area contributed by atoms with Gasteiger partial charge in [0.2, 0.25) is 0 Å². The highest BCUT2D eigenvalue weighted by Crippen LogP contribution is 2.19. The number of thioether (sulfide) groups is 1. The largest absolute Gasteiger partial charge is 0.392 e. The maximum Gasteiger partial charge on any atom is 0.0671 e. The minimum atomic E-state index is -0.334. The molecule has 4 heteroatoms. The first-order valence-corrected chi connectivity index (χ1v) is 6.94. The van der Waals surface area contributed by atoms with Crippen molar-refractivity contribution in [2.45, 2.75) is 38.0 Å². The Morgan fingerprint density at radius 2 is 2.31 bits per heavy atom. The number of nitrogens with zero attached hydrogens (tertiary/aromatic N) is 1. The summed E-state index contributed by atoms with van der Waals surface area (Å²) in [6, 6.07) is 1.86. The molecule has 0 fully saturated rings. The molecule has 1 N–H and O–H groups in total. The van der Waals surface area contributed by atoms with Crippen molar-refractivity contribution in [2.24, 2.45) is 0 Å². The Hall–Kier alpha value is -0.250. The molecule has 1 rings (SSSR count). The van der Waals surface area contributed by atoms with Gasteiger partial charge >= 0.3 is 0 Å². The average molecular weight is 260 g/mol. The van der Waals surface area contributed by atoms with Gasteiger partial charge in [-0.3, -0.25) is 4.98 Å². The van der Waals surface area contributed by atoms with Crippen molar-refractivity contribution in [3.8, 4) is 0 Å². The van der Waals surface area contributed by atoms with E-state index in [0.29, 0.717) is 16.7 Å². The number of pyridine rings is 1. The predicted molar refractivity (Wildman–Crippen MR) is 71.2 cm³/mol. The van der Waals surface area contributed by atoms with E-state index < -0.39 is 0 Å². The molecule has 2 atom stereocenters. The summed E-state index contributed by atoms with van der Waals surface area (Å²) in [4.78, 5) is 3.92. The van der Waals surface area contributed by atoms with Gasteiger partial charge in [0.25, 0.3) is 0 Å². The summed E-state index contributed by atoms with van der Waals surface area (Å²) >= 11 is 7.78. The molecule has 1 aromatic heterocycles. The van der Waals surface area contributed by atoms with Crippen molar-refractivity contribution in [1.29, 1.82) is 0 Å². The lowest BCUT2D eigenvalue weighted by Gasteiger charge is -2.14. The first-order chi connectivity index (χ1) is 7.63. The summed E-state index contributed by atoms with van der Waals surface area (Å²) in [5.74, 6) is 0.758. The first-order valence-electron chi connectivity index (χ1n) is 5.51. The molecule has 0 aliphatic rings. The van der Waals surface area contributed by atoms with Crippen LogP contribution in [0.2, 0.25) is 5.02 Å². The summed E-state index contributed by atoms with van der Waals surface area (Å²) in [5, 5.41) is 11.1. The first kappa shape index (κ1) is 13.8. The van der Waals surface area contributed by atoms with Crippen LogP contribution >= 0.6 is 23.4 Å². The third-order valence-electron chi connectivity index (χ3n) is 2.46. The lowest BCUT2D eigenvalue weighted by molar-refractivity contribution is 0.200. The van der Waals surface area contributed by atoms with Gasteiger partial charge in [-0.15, -0.1) is 0 Å². The number of aromatic nitrogens is 1. The fourth-order valence-electron chi connectivity index (χ4n) is 1.28. The summed E-state index contributed by atoms with van der Waals surface area (Å²) in [7, 11) is 0. The van der Waals surface area contributed by atoms with E-state index in [1.54, 1.807) is 24.2 Å². The minimum Gasteiger partial charge on any atom is -0.392 e. The molecule has 1 heterocycles. The van der Waals surface area contributed by atoms with Crippen LogP contribution in [-0.4, -0.2) is 27.2 Å². The maximum absolute atomic E-state index is 9.87. The Balaban J connectivity index is 2.40. The predicted octanol–water partition coefficient (Wildman–Crippen LogP) is 3.17. The third kappa shape index (κ3) is 4.73.